The summed E-state index contributed by atoms with van der Waals surface area (Å²) in [5.41, 5.74) is 2.15. The number of carboxylic acid groups (broad SMARTS) is 1. The molecule has 0 aliphatic carbocycles. The number of aliphatic carboxylic acids is 1. The van der Waals surface area contributed by atoms with Crippen molar-refractivity contribution in [2.24, 2.45) is 0 Å². The summed E-state index contributed by atoms with van der Waals surface area (Å²) in [7, 11) is 3.89. The minimum Gasteiger partial charge on any atom is -0.481 e. The van der Waals surface area contributed by atoms with E-state index < -0.39 is 11.5 Å². The Balaban J connectivity index is 2.73. The Bertz CT molecular complexity index is 554. The van der Waals surface area contributed by atoms with Gasteiger partial charge in [-0.3, -0.25) is 4.79 Å². The third kappa shape index (κ3) is 5.27. The van der Waals surface area contributed by atoms with Gasteiger partial charge < -0.3 is 20.6 Å². The van der Waals surface area contributed by atoms with E-state index >= 15 is 0 Å². The molecule has 1 aromatic rings. The number of hydrogen-bond acceptors (Lipinski definition) is 3. The Morgan fingerprint density at radius 1 is 1.27 bits per heavy atom. The van der Waals surface area contributed by atoms with Gasteiger partial charge in [0.15, 0.2) is 0 Å². The van der Waals surface area contributed by atoms with E-state index in [0.29, 0.717) is 6.42 Å². The first-order valence-corrected chi connectivity index (χ1v) is 7.20. The molecule has 6 nitrogen and oxygen atoms in total. The van der Waals surface area contributed by atoms with Crippen LogP contribution in [0.3, 0.4) is 0 Å². The van der Waals surface area contributed by atoms with Gasteiger partial charge in [-0.25, -0.2) is 4.79 Å². The number of carboxylic acids is 1. The first kappa shape index (κ1) is 17.8. The molecule has 0 aliphatic rings. The molecule has 122 valence electrons. The molecule has 2 amide bonds. The summed E-state index contributed by atoms with van der Waals surface area (Å²) in [6.45, 7) is 5.55. The molecule has 0 saturated carbocycles. The zero-order chi connectivity index (χ0) is 16.9. The van der Waals surface area contributed by atoms with E-state index in [4.69, 9.17) is 5.11 Å². The van der Waals surface area contributed by atoms with Crippen molar-refractivity contribution in [1.29, 1.82) is 0 Å². The first-order valence-electron chi connectivity index (χ1n) is 7.20. The number of hydrogen-bond donors (Lipinski definition) is 3. The maximum Gasteiger partial charge on any atom is 0.319 e. The smallest absolute Gasteiger partial charge is 0.319 e. The highest BCUT2D eigenvalue weighted by Gasteiger charge is 2.22. The van der Waals surface area contributed by atoms with Gasteiger partial charge in [-0.2, -0.15) is 0 Å². The molecule has 0 aliphatic heterocycles. The lowest BCUT2D eigenvalue weighted by atomic mass is 9.99. The molecule has 0 fully saturated rings. The summed E-state index contributed by atoms with van der Waals surface area (Å²) < 4.78 is 0. The molecule has 22 heavy (non-hydrogen) atoms. The first-order chi connectivity index (χ1) is 10.1. The predicted octanol–water partition coefficient (Wildman–Crippen LogP) is 2.83. The van der Waals surface area contributed by atoms with Crippen molar-refractivity contribution in [1.82, 2.24) is 5.32 Å². The zero-order valence-corrected chi connectivity index (χ0v) is 13.9. The number of urea groups is 1. The number of nitrogens with zero attached hydrogens (tertiary/aromatic N) is 1. The summed E-state index contributed by atoms with van der Waals surface area (Å²) in [6, 6.07) is 5.36. The summed E-state index contributed by atoms with van der Waals surface area (Å²) in [4.78, 5) is 24.7. The van der Waals surface area contributed by atoms with Gasteiger partial charge in [0.2, 0.25) is 0 Å². The second-order valence-corrected chi connectivity index (χ2v) is 6.20. The van der Waals surface area contributed by atoms with Crippen LogP contribution in [-0.2, 0) is 4.79 Å². The molecule has 1 rings (SSSR count). The van der Waals surface area contributed by atoms with Crippen LogP contribution in [0.5, 0.6) is 0 Å². The lowest BCUT2D eigenvalue weighted by molar-refractivity contribution is -0.137. The fraction of sp³-hybridized carbons (Fsp3) is 0.500. The monoisotopic (exact) mass is 307 g/mol. The van der Waals surface area contributed by atoms with Crippen LogP contribution in [0.2, 0.25) is 0 Å². The fourth-order valence-electron chi connectivity index (χ4n) is 2.19. The van der Waals surface area contributed by atoms with Crippen LogP contribution in [0.1, 0.15) is 32.3 Å². The summed E-state index contributed by atoms with van der Waals surface area (Å²) in [5.74, 6) is -0.871. The second-order valence-electron chi connectivity index (χ2n) is 6.20. The topological polar surface area (TPSA) is 81.7 Å². The number of carbonyl (C=O) groups excluding carboxylic acids is 1. The van der Waals surface area contributed by atoms with E-state index in [0.717, 1.165) is 16.9 Å². The second kappa shape index (κ2) is 7.15. The number of nitrogens with one attached hydrogen (secondary N) is 2. The molecule has 0 heterocycles. The third-order valence-corrected chi connectivity index (χ3v) is 3.45. The highest BCUT2D eigenvalue weighted by molar-refractivity contribution is 5.91. The Kier molecular flexibility index (Phi) is 5.79. The summed E-state index contributed by atoms with van der Waals surface area (Å²) in [5, 5.41) is 14.4. The van der Waals surface area contributed by atoms with Crippen molar-refractivity contribution >= 4 is 23.4 Å². The average molecular weight is 307 g/mol. The van der Waals surface area contributed by atoms with Crippen LogP contribution in [0.4, 0.5) is 16.2 Å². The fourth-order valence-corrected chi connectivity index (χ4v) is 2.19. The number of benzene rings is 1. The van der Waals surface area contributed by atoms with Crippen molar-refractivity contribution < 1.29 is 14.7 Å². The third-order valence-electron chi connectivity index (χ3n) is 3.45. The quantitative estimate of drug-likeness (QED) is 0.755. The Hall–Kier alpha value is -2.24. The van der Waals surface area contributed by atoms with Gasteiger partial charge in [-0.05, 0) is 44.9 Å². The molecule has 0 bridgehead atoms. The summed E-state index contributed by atoms with van der Waals surface area (Å²) >= 11 is 0. The van der Waals surface area contributed by atoms with Crippen molar-refractivity contribution in [3.8, 4) is 0 Å². The summed E-state index contributed by atoms with van der Waals surface area (Å²) in [6.07, 6.45) is 0.384. The molecule has 0 aromatic heterocycles. The molecule has 0 saturated heterocycles. The van der Waals surface area contributed by atoms with Gasteiger partial charge in [0.25, 0.3) is 0 Å². The van der Waals surface area contributed by atoms with E-state index in [1.807, 2.05) is 44.1 Å². The van der Waals surface area contributed by atoms with Gasteiger partial charge in [-0.15, -0.1) is 0 Å². The lowest BCUT2D eigenvalue weighted by Gasteiger charge is -2.26. The highest BCUT2D eigenvalue weighted by atomic mass is 16.4. The van der Waals surface area contributed by atoms with Crippen LogP contribution in [0.25, 0.3) is 0 Å². The Labute approximate surface area is 131 Å². The standard InChI is InChI=1S/C16H25N3O3/c1-11-12(7-6-8-13(11)19(4)5)17-15(22)18-16(2,3)10-9-14(20)21/h6-8H,9-10H2,1-5H3,(H,20,21)(H2,17,18,22). The van der Waals surface area contributed by atoms with Crippen LogP contribution < -0.4 is 15.5 Å². The van der Waals surface area contributed by atoms with Crippen LogP contribution in [0.15, 0.2) is 18.2 Å². The van der Waals surface area contributed by atoms with Crippen molar-refractivity contribution in [2.75, 3.05) is 24.3 Å². The number of anilines is 2. The minimum atomic E-state index is -0.871. The normalized spacial score (nSPS) is 11.0. The van der Waals surface area contributed by atoms with Crippen molar-refractivity contribution in [3.63, 3.8) is 0 Å². The zero-order valence-electron chi connectivity index (χ0n) is 13.9. The van der Waals surface area contributed by atoms with E-state index in [1.54, 1.807) is 13.8 Å². The van der Waals surface area contributed by atoms with Crippen molar-refractivity contribution in [2.45, 2.75) is 39.2 Å². The number of rotatable bonds is 6. The molecule has 0 radical (unpaired) electrons. The van der Waals surface area contributed by atoms with Gasteiger partial charge in [0.1, 0.15) is 0 Å². The van der Waals surface area contributed by atoms with Gasteiger partial charge in [0, 0.05) is 37.4 Å². The van der Waals surface area contributed by atoms with Crippen LogP contribution in [-0.4, -0.2) is 36.7 Å². The lowest BCUT2D eigenvalue weighted by Crippen LogP contribution is -2.45. The van der Waals surface area contributed by atoms with Crippen LogP contribution in [0, 0.1) is 6.92 Å². The van der Waals surface area contributed by atoms with E-state index in [9.17, 15) is 9.59 Å². The molecule has 1 aromatic carbocycles. The Morgan fingerprint density at radius 2 is 1.91 bits per heavy atom. The SMILES string of the molecule is Cc1c(NC(=O)NC(C)(C)CCC(=O)O)cccc1N(C)C. The minimum absolute atomic E-state index is 0.0163. The van der Waals surface area contributed by atoms with Gasteiger partial charge in [-0.1, -0.05) is 6.07 Å². The molecule has 3 N–H and O–H groups in total. The van der Waals surface area contributed by atoms with Gasteiger partial charge in [0.05, 0.1) is 0 Å². The van der Waals surface area contributed by atoms with Crippen LogP contribution >= 0.6 is 0 Å². The van der Waals surface area contributed by atoms with Gasteiger partial charge >= 0.3 is 12.0 Å². The maximum atomic E-state index is 12.1. The molecule has 0 atom stereocenters. The van der Waals surface area contributed by atoms with E-state index in [-0.39, 0.29) is 12.5 Å². The predicted molar refractivity (Wildman–Crippen MR) is 88.6 cm³/mol. The Morgan fingerprint density at radius 3 is 2.45 bits per heavy atom. The van der Waals surface area contributed by atoms with Crippen molar-refractivity contribution in [3.05, 3.63) is 23.8 Å². The maximum absolute atomic E-state index is 12.1. The number of amides is 2. The van der Waals surface area contributed by atoms with E-state index in [1.165, 1.54) is 0 Å². The molecule has 0 spiro atoms. The molecule has 6 heteroatoms. The molecule has 0 unspecified atom stereocenters. The average Bonchev–Trinajstić information content (AvgIpc) is 2.38. The molecular weight excluding hydrogens is 282 g/mol. The highest BCUT2D eigenvalue weighted by Crippen LogP contribution is 2.25. The largest absolute Gasteiger partial charge is 0.481 e. The molecular formula is C16H25N3O3. The van der Waals surface area contributed by atoms with E-state index in [2.05, 4.69) is 10.6 Å². The number of carbonyl (C=O) groups is 2.